The predicted molar refractivity (Wildman–Crippen MR) is 74.6 cm³/mol. The largest absolute Gasteiger partial charge is 0.493 e. The highest BCUT2D eigenvalue weighted by atomic mass is 16.5. The molecule has 3 nitrogen and oxygen atoms in total. The van der Waals surface area contributed by atoms with Crippen molar-refractivity contribution in [3.8, 4) is 11.5 Å². The number of carbonyl (C=O) groups is 1. The molecule has 0 saturated heterocycles. The van der Waals surface area contributed by atoms with E-state index in [1.54, 1.807) is 6.07 Å². The highest BCUT2D eigenvalue weighted by Gasteiger charge is 2.26. The van der Waals surface area contributed by atoms with Crippen LogP contribution in [-0.2, 0) is 6.42 Å². The molecular formula is C17H14O3. The molecular weight excluding hydrogens is 252 g/mol. The molecule has 3 heteroatoms. The zero-order chi connectivity index (χ0) is 13.5. The first kappa shape index (κ1) is 11.5. The van der Waals surface area contributed by atoms with Gasteiger partial charge in [-0.15, -0.1) is 0 Å². The quantitative estimate of drug-likeness (QED) is 0.856. The highest BCUT2D eigenvalue weighted by molar-refractivity contribution is 6.02. The topological polar surface area (TPSA) is 35.5 Å². The first-order chi connectivity index (χ1) is 9.81. The van der Waals surface area contributed by atoms with Gasteiger partial charge in [-0.05, 0) is 29.7 Å². The van der Waals surface area contributed by atoms with Crippen LogP contribution in [0.15, 0.2) is 42.5 Å². The minimum Gasteiger partial charge on any atom is -0.493 e. The van der Waals surface area contributed by atoms with E-state index in [4.69, 9.17) is 9.47 Å². The van der Waals surface area contributed by atoms with E-state index < -0.39 is 0 Å². The summed E-state index contributed by atoms with van der Waals surface area (Å²) in [7, 11) is 0. The van der Waals surface area contributed by atoms with Crippen LogP contribution in [0, 0.1) is 0 Å². The summed E-state index contributed by atoms with van der Waals surface area (Å²) < 4.78 is 11.2. The summed E-state index contributed by atoms with van der Waals surface area (Å²) in [6, 6.07) is 13.9. The van der Waals surface area contributed by atoms with E-state index >= 15 is 0 Å². The van der Waals surface area contributed by atoms with E-state index in [1.165, 1.54) is 11.1 Å². The molecule has 2 aromatic rings. The van der Waals surface area contributed by atoms with E-state index in [9.17, 15) is 4.79 Å². The van der Waals surface area contributed by atoms with Gasteiger partial charge in [-0.1, -0.05) is 24.3 Å². The third-order valence-corrected chi connectivity index (χ3v) is 4.02. The van der Waals surface area contributed by atoms with Gasteiger partial charge in [0.15, 0.2) is 6.61 Å². The zero-order valence-corrected chi connectivity index (χ0v) is 11.0. The van der Waals surface area contributed by atoms with Gasteiger partial charge in [0, 0.05) is 12.0 Å². The maximum atomic E-state index is 11.5. The van der Waals surface area contributed by atoms with Crippen LogP contribution in [-0.4, -0.2) is 19.0 Å². The molecule has 4 rings (SSSR count). The fourth-order valence-corrected chi connectivity index (χ4v) is 2.87. The standard InChI is InChI=1S/C17H14O3/c18-16-10-20-17-8-13(5-6-15(16)17)19-9-12-7-11-3-1-2-4-14(11)12/h1-6,8,12H,7,9-10H2. The molecule has 1 atom stereocenters. The van der Waals surface area contributed by atoms with Crippen molar-refractivity contribution in [3.63, 3.8) is 0 Å². The Labute approximate surface area is 117 Å². The van der Waals surface area contributed by atoms with Crippen molar-refractivity contribution >= 4 is 5.78 Å². The lowest BCUT2D eigenvalue weighted by molar-refractivity contribution is 0.0961. The minimum absolute atomic E-state index is 0.0412. The summed E-state index contributed by atoms with van der Waals surface area (Å²) >= 11 is 0. The van der Waals surface area contributed by atoms with Gasteiger partial charge in [-0.25, -0.2) is 0 Å². The molecule has 2 aliphatic rings. The Morgan fingerprint density at radius 3 is 3.00 bits per heavy atom. The first-order valence-electron chi connectivity index (χ1n) is 6.82. The molecule has 1 aliphatic carbocycles. The number of hydrogen-bond acceptors (Lipinski definition) is 3. The SMILES string of the molecule is O=C1COc2cc(OCC3Cc4ccccc43)ccc21. The average Bonchev–Trinajstić information content (AvgIpc) is 2.81. The fourth-order valence-electron chi connectivity index (χ4n) is 2.87. The summed E-state index contributed by atoms with van der Waals surface area (Å²) in [6.45, 7) is 0.818. The number of ketones is 1. The Morgan fingerprint density at radius 1 is 1.20 bits per heavy atom. The van der Waals surface area contributed by atoms with Crippen LogP contribution in [0.5, 0.6) is 11.5 Å². The molecule has 0 N–H and O–H groups in total. The normalized spacial score (nSPS) is 18.8. The second-order valence-corrected chi connectivity index (χ2v) is 5.28. The Hall–Kier alpha value is -2.29. The highest BCUT2D eigenvalue weighted by Crippen LogP contribution is 2.36. The summed E-state index contributed by atoms with van der Waals surface area (Å²) in [4.78, 5) is 11.5. The van der Waals surface area contributed by atoms with Crippen LogP contribution < -0.4 is 9.47 Å². The molecule has 0 amide bonds. The zero-order valence-electron chi connectivity index (χ0n) is 11.0. The van der Waals surface area contributed by atoms with Crippen molar-refractivity contribution in [2.75, 3.05) is 13.2 Å². The molecule has 0 fully saturated rings. The van der Waals surface area contributed by atoms with Gasteiger partial charge in [-0.3, -0.25) is 4.79 Å². The monoisotopic (exact) mass is 266 g/mol. The molecule has 0 bridgehead atoms. The fraction of sp³-hybridized carbons (Fsp3) is 0.235. The Balaban J connectivity index is 1.45. The maximum Gasteiger partial charge on any atom is 0.203 e. The van der Waals surface area contributed by atoms with Crippen molar-refractivity contribution in [2.24, 2.45) is 0 Å². The van der Waals surface area contributed by atoms with Crippen LogP contribution in [0.25, 0.3) is 0 Å². The summed E-state index contributed by atoms with van der Waals surface area (Å²) in [6.07, 6.45) is 1.08. The van der Waals surface area contributed by atoms with Crippen LogP contribution >= 0.6 is 0 Å². The predicted octanol–water partition coefficient (Wildman–Crippen LogP) is 2.98. The molecule has 0 saturated carbocycles. The second kappa shape index (κ2) is 4.37. The van der Waals surface area contributed by atoms with Gasteiger partial charge in [-0.2, -0.15) is 0 Å². The molecule has 1 unspecified atom stereocenters. The Bertz CT molecular complexity index is 690. The van der Waals surface area contributed by atoms with E-state index in [1.807, 2.05) is 12.1 Å². The van der Waals surface area contributed by atoms with E-state index in [0.29, 0.717) is 23.8 Å². The van der Waals surface area contributed by atoms with Crippen molar-refractivity contribution < 1.29 is 14.3 Å². The van der Waals surface area contributed by atoms with Gasteiger partial charge < -0.3 is 9.47 Å². The van der Waals surface area contributed by atoms with Crippen LogP contribution in [0.3, 0.4) is 0 Å². The number of ether oxygens (including phenoxy) is 2. The van der Waals surface area contributed by atoms with Crippen molar-refractivity contribution in [1.29, 1.82) is 0 Å². The van der Waals surface area contributed by atoms with Crippen molar-refractivity contribution in [1.82, 2.24) is 0 Å². The summed E-state index contributed by atoms with van der Waals surface area (Å²) in [5.41, 5.74) is 3.47. The lowest BCUT2D eigenvalue weighted by Crippen LogP contribution is -2.23. The third-order valence-electron chi connectivity index (χ3n) is 4.02. The number of benzene rings is 2. The number of carbonyl (C=O) groups excluding carboxylic acids is 1. The summed E-state index contributed by atoms with van der Waals surface area (Å²) in [5, 5.41) is 0. The molecule has 1 aliphatic heterocycles. The molecule has 0 aromatic heterocycles. The van der Waals surface area contributed by atoms with E-state index in [2.05, 4.69) is 24.3 Å². The lowest BCUT2D eigenvalue weighted by Gasteiger charge is -2.29. The van der Waals surface area contributed by atoms with Gasteiger partial charge in [0.2, 0.25) is 5.78 Å². The van der Waals surface area contributed by atoms with Crippen LogP contribution in [0.4, 0.5) is 0 Å². The van der Waals surface area contributed by atoms with Crippen LogP contribution in [0.1, 0.15) is 27.4 Å². The van der Waals surface area contributed by atoms with Gasteiger partial charge in [0.05, 0.1) is 12.2 Å². The Morgan fingerprint density at radius 2 is 2.10 bits per heavy atom. The smallest absolute Gasteiger partial charge is 0.203 e. The Kier molecular flexibility index (Phi) is 2.52. The molecule has 20 heavy (non-hydrogen) atoms. The van der Waals surface area contributed by atoms with Crippen molar-refractivity contribution in [3.05, 3.63) is 59.2 Å². The molecule has 2 aromatic carbocycles. The van der Waals surface area contributed by atoms with Crippen LogP contribution in [0.2, 0.25) is 0 Å². The second-order valence-electron chi connectivity index (χ2n) is 5.28. The number of rotatable bonds is 3. The van der Waals surface area contributed by atoms with Gasteiger partial charge >= 0.3 is 0 Å². The molecule has 100 valence electrons. The van der Waals surface area contributed by atoms with Crippen molar-refractivity contribution in [2.45, 2.75) is 12.3 Å². The minimum atomic E-state index is 0.0412. The molecule has 1 heterocycles. The number of hydrogen-bond donors (Lipinski definition) is 0. The number of fused-ring (bicyclic) bond motifs is 2. The summed E-state index contributed by atoms with van der Waals surface area (Å²) in [5.74, 6) is 1.92. The van der Waals surface area contributed by atoms with Gasteiger partial charge in [0.25, 0.3) is 0 Å². The number of Topliss-reactive ketones (excluding diaryl/α,β-unsaturated/α-hetero) is 1. The van der Waals surface area contributed by atoms with Gasteiger partial charge in [0.1, 0.15) is 11.5 Å². The molecule has 0 spiro atoms. The first-order valence-corrected chi connectivity index (χ1v) is 6.82. The molecule has 0 radical (unpaired) electrons. The maximum absolute atomic E-state index is 11.5. The van der Waals surface area contributed by atoms with E-state index in [-0.39, 0.29) is 12.4 Å². The van der Waals surface area contributed by atoms with E-state index in [0.717, 1.165) is 12.2 Å². The average molecular weight is 266 g/mol. The third kappa shape index (κ3) is 1.78. The lowest BCUT2D eigenvalue weighted by atomic mass is 9.78.